The van der Waals surface area contributed by atoms with Gasteiger partial charge in [0.25, 0.3) is 0 Å². The third-order valence-electron chi connectivity index (χ3n) is 1.87. The molecule has 0 aliphatic carbocycles. The lowest BCUT2D eigenvalue weighted by Gasteiger charge is -2.12. The second kappa shape index (κ2) is 6.42. The Morgan fingerprint density at radius 2 is 2.00 bits per heavy atom. The summed E-state index contributed by atoms with van der Waals surface area (Å²) in [6.45, 7) is 0. The molecule has 16 heavy (non-hydrogen) atoms. The highest BCUT2D eigenvalue weighted by atomic mass is 79.9. The van der Waals surface area contributed by atoms with Crippen molar-refractivity contribution in [3.63, 3.8) is 0 Å². The fourth-order valence-corrected chi connectivity index (χ4v) is 1.31. The van der Waals surface area contributed by atoms with Crippen molar-refractivity contribution in [2.24, 2.45) is 5.73 Å². The predicted molar refractivity (Wildman–Crippen MR) is 61.4 cm³/mol. The van der Waals surface area contributed by atoms with E-state index in [-0.39, 0.29) is 18.8 Å². The number of hydrogen-bond donors (Lipinski definition) is 1. The minimum absolute atomic E-state index is 0. The van der Waals surface area contributed by atoms with E-state index in [0.29, 0.717) is 5.69 Å². The minimum Gasteiger partial charge on any atom is -0.323 e. The van der Waals surface area contributed by atoms with Crippen molar-refractivity contribution in [1.29, 1.82) is 0 Å². The molecule has 0 aliphatic heterocycles. The van der Waals surface area contributed by atoms with Gasteiger partial charge in [-0.1, -0.05) is 0 Å². The van der Waals surface area contributed by atoms with Gasteiger partial charge in [-0.25, -0.2) is 0 Å². The van der Waals surface area contributed by atoms with Gasteiger partial charge in [-0.2, -0.15) is 13.2 Å². The Labute approximate surface area is 106 Å². The van der Waals surface area contributed by atoms with E-state index in [0.717, 1.165) is 4.47 Å². The van der Waals surface area contributed by atoms with Crippen LogP contribution in [0.1, 0.15) is 24.6 Å². The molecule has 1 rings (SSSR count). The van der Waals surface area contributed by atoms with Crippen LogP contribution in [0.3, 0.4) is 0 Å². The molecule has 0 unspecified atom stereocenters. The van der Waals surface area contributed by atoms with Gasteiger partial charge >= 0.3 is 6.18 Å². The summed E-state index contributed by atoms with van der Waals surface area (Å²) in [5, 5.41) is 0. The lowest BCUT2D eigenvalue weighted by atomic mass is 10.1. The molecule has 1 aromatic heterocycles. The average molecular weight is 320 g/mol. The van der Waals surface area contributed by atoms with E-state index in [2.05, 4.69) is 20.9 Å². The number of pyridine rings is 1. The van der Waals surface area contributed by atoms with Crippen LogP contribution in [-0.4, -0.2) is 11.2 Å². The highest BCUT2D eigenvalue weighted by Crippen LogP contribution is 2.25. The maximum Gasteiger partial charge on any atom is 0.389 e. The zero-order valence-electron chi connectivity index (χ0n) is 8.17. The molecule has 0 spiro atoms. The number of rotatable bonds is 3. The van der Waals surface area contributed by atoms with Crippen LogP contribution in [0.25, 0.3) is 0 Å². The zero-order valence-corrected chi connectivity index (χ0v) is 10.6. The van der Waals surface area contributed by atoms with Gasteiger partial charge in [0.15, 0.2) is 0 Å². The molecule has 0 radical (unpaired) electrons. The van der Waals surface area contributed by atoms with Crippen LogP contribution in [-0.2, 0) is 0 Å². The highest BCUT2D eigenvalue weighted by Gasteiger charge is 2.27. The molecule has 0 fully saturated rings. The van der Waals surface area contributed by atoms with Crippen molar-refractivity contribution in [3.8, 4) is 0 Å². The summed E-state index contributed by atoms with van der Waals surface area (Å²) >= 11 is 3.18. The molecular formula is C9H11BrClF3N2. The van der Waals surface area contributed by atoms with Crippen molar-refractivity contribution < 1.29 is 13.2 Å². The molecule has 0 aliphatic rings. The van der Waals surface area contributed by atoms with Crippen LogP contribution in [0.2, 0.25) is 0 Å². The first-order chi connectivity index (χ1) is 6.88. The number of nitrogens with two attached hydrogens (primary N) is 1. The molecule has 1 aromatic rings. The second-order valence-corrected chi connectivity index (χ2v) is 4.08. The molecule has 0 bridgehead atoms. The summed E-state index contributed by atoms with van der Waals surface area (Å²) in [5.74, 6) is 0. The molecule has 2 N–H and O–H groups in total. The average Bonchev–Trinajstić information content (AvgIpc) is 2.14. The number of aromatic nitrogens is 1. The van der Waals surface area contributed by atoms with E-state index >= 15 is 0 Å². The molecule has 0 amide bonds. The third kappa shape index (κ3) is 5.67. The molecule has 0 aromatic carbocycles. The van der Waals surface area contributed by atoms with E-state index in [1.807, 2.05) is 0 Å². The third-order valence-corrected chi connectivity index (χ3v) is 2.34. The van der Waals surface area contributed by atoms with Crippen molar-refractivity contribution >= 4 is 28.3 Å². The summed E-state index contributed by atoms with van der Waals surface area (Å²) in [4.78, 5) is 3.94. The van der Waals surface area contributed by atoms with Crippen molar-refractivity contribution in [1.82, 2.24) is 4.98 Å². The van der Waals surface area contributed by atoms with Gasteiger partial charge in [0, 0.05) is 23.1 Å². The topological polar surface area (TPSA) is 38.9 Å². The Bertz CT molecular complexity index is 316. The summed E-state index contributed by atoms with van der Waals surface area (Å²) in [6, 6.07) is 2.65. The Kier molecular flexibility index (Phi) is 6.28. The quantitative estimate of drug-likeness (QED) is 0.924. The molecule has 0 saturated heterocycles. The maximum absolute atomic E-state index is 11.9. The predicted octanol–water partition coefficient (Wildman–Crippen LogP) is 3.61. The normalized spacial score (nSPS) is 13.1. The Morgan fingerprint density at radius 1 is 1.38 bits per heavy atom. The SMILES string of the molecule is Cl.N[C@H](CCC(F)(F)F)c1ccc(Br)cn1. The van der Waals surface area contributed by atoms with Crippen LogP contribution in [0.4, 0.5) is 13.2 Å². The molecule has 1 heterocycles. The number of halogens is 5. The lowest BCUT2D eigenvalue weighted by molar-refractivity contribution is -0.136. The fraction of sp³-hybridized carbons (Fsp3) is 0.444. The first kappa shape index (κ1) is 15.7. The van der Waals surface area contributed by atoms with Crippen LogP contribution in [0.5, 0.6) is 0 Å². The van der Waals surface area contributed by atoms with Crippen LogP contribution >= 0.6 is 28.3 Å². The summed E-state index contributed by atoms with van der Waals surface area (Å²) in [6.07, 6.45) is -3.67. The molecule has 7 heteroatoms. The molecular weight excluding hydrogens is 308 g/mol. The van der Waals surface area contributed by atoms with E-state index in [4.69, 9.17) is 5.73 Å². The maximum atomic E-state index is 11.9. The Hall–Kier alpha value is -0.330. The Morgan fingerprint density at radius 3 is 2.44 bits per heavy atom. The van der Waals surface area contributed by atoms with Crippen molar-refractivity contribution in [2.75, 3.05) is 0 Å². The first-order valence-electron chi connectivity index (χ1n) is 4.32. The fourth-order valence-electron chi connectivity index (χ4n) is 1.07. The number of hydrogen-bond acceptors (Lipinski definition) is 2. The second-order valence-electron chi connectivity index (χ2n) is 3.16. The highest BCUT2D eigenvalue weighted by molar-refractivity contribution is 9.10. The summed E-state index contributed by atoms with van der Waals surface area (Å²) in [5.41, 5.74) is 6.05. The van der Waals surface area contributed by atoms with E-state index in [1.54, 1.807) is 12.1 Å². The molecule has 1 atom stereocenters. The summed E-state index contributed by atoms with van der Waals surface area (Å²) < 4.78 is 36.5. The van der Waals surface area contributed by atoms with Gasteiger partial charge in [-0.3, -0.25) is 4.98 Å². The van der Waals surface area contributed by atoms with Gasteiger partial charge in [0.1, 0.15) is 0 Å². The van der Waals surface area contributed by atoms with Crippen LogP contribution < -0.4 is 5.73 Å². The van der Waals surface area contributed by atoms with E-state index in [9.17, 15) is 13.2 Å². The zero-order chi connectivity index (χ0) is 11.5. The van der Waals surface area contributed by atoms with Gasteiger partial charge in [0.05, 0.1) is 5.69 Å². The van der Waals surface area contributed by atoms with Crippen LogP contribution in [0, 0.1) is 0 Å². The monoisotopic (exact) mass is 318 g/mol. The molecule has 0 saturated carbocycles. The van der Waals surface area contributed by atoms with Crippen molar-refractivity contribution in [2.45, 2.75) is 25.1 Å². The smallest absolute Gasteiger partial charge is 0.323 e. The van der Waals surface area contributed by atoms with Crippen molar-refractivity contribution in [3.05, 3.63) is 28.5 Å². The van der Waals surface area contributed by atoms with Gasteiger partial charge < -0.3 is 5.73 Å². The van der Waals surface area contributed by atoms with Crippen LogP contribution in [0.15, 0.2) is 22.8 Å². The lowest BCUT2D eigenvalue weighted by Crippen LogP contribution is -2.16. The standard InChI is InChI=1S/C9H10BrF3N2.ClH/c10-6-1-2-8(15-5-6)7(14)3-4-9(11,12)13;/h1-2,5,7H,3-4,14H2;1H/t7-;/m1./s1. The van der Waals surface area contributed by atoms with E-state index < -0.39 is 18.6 Å². The molecule has 2 nitrogen and oxygen atoms in total. The van der Waals surface area contributed by atoms with Gasteiger partial charge in [0.2, 0.25) is 0 Å². The van der Waals surface area contributed by atoms with E-state index in [1.165, 1.54) is 6.20 Å². The number of alkyl halides is 3. The van der Waals surface area contributed by atoms with Gasteiger partial charge in [-0.05, 0) is 34.5 Å². The first-order valence-corrected chi connectivity index (χ1v) is 5.11. The Balaban J connectivity index is 0.00000225. The minimum atomic E-state index is -4.16. The van der Waals surface area contributed by atoms with Gasteiger partial charge in [-0.15, -0.1) is 12.4 Å². The largest absolute Gasteiger partial charge is 0.389 e. The number of nitrogens with zero attached hydrogens (tertiary/aromatic N) is 1. The molecule has 92 valence electrons. The summed E-state index contributed by atoms with van der Waals surface area (Å²) in [7, 11) is 0.